The monoisotopic (exact) mass is 717 g/mol. The van der Waals surface area contributed by atoms with Gasteiger partial charge in [0.25, 0.3) is 0 Å². The van der Waals surface area contributed by atoms with Crippen molar-refractivity contribution < 1.29 is 0 Å². The number of fused-ring (bicyclic) bond motifs is 12. The quantitative estimate of drug-likeness (QED) is 0.171. The average Bonchev–Trinajstić information content (AvgIpc) is 3.74. The summed E-state index contributed by atoms with van der Waals surface area (Å²) in [5.41, 5.74) is 26.3. The highest BCUT2D eigenvalue weighted by molar-refractivity contribution is 6.15. The Hall–Kier alpha value is -6.97. The van der Waals surface area contributed by atoms with E-state index in [4.69, 9.17) is 5.73 Å². The number of rotatable bonds is 5. The zero-order chi connectivity index (χ0) is 37.5. The van der Waals surface area contributed by atoms with Crippen LogP contribution in [0.5, 0.6) is 0 Å². The molecular weight excluding hydrogens is 679 g/mol. The van der Waals surface area contributed by atoms with E-state index in [1.807, 2.05) is 6.92 Å². The zero-order valence-electron chi connectivity index (χ0n) is 31.2. The SMILES string of the molecule is C/C(N)=C/C(=N)c1cccc2c1-c1cc(C3=CC=C(c4ccccc4-c4ccccc4)CC3)ccc1C21c2ccccc2-n2c3ccccc3c3cccc1c32. The largest absolute Gasteiger partial charge is 0.402 e. The molecule has 1 unspecified atom stereocenters. The number of benzene rings is 7. The van der Waals surface area contributed by atoms with Gasteiger partial charge in [0.2, 0.25) is 0 Å². The summed E-state index contributed by atoms with van der Waals surface area (Å²) in [6.45, 7) is 1.86. The maximum Gasteiger partial charge on any atom is 0.0754 e. The molecule has 0 amide bonds. The predicted molar refractivity (Wildman–Crippen MR) is 233 cm³/mol. The summed E-state index contributed by atoms with van der Waals surface area (Å²) in [6.07, 6.45) is 8.36. The van der Waals surface area contributed by atoms with Crippen LogP contribution in [0.4, 0.5) is 0 Å². The number of nitrogens with two attached hydrogens (primary N) is 1. The molecule has 1 atom stereocenters. The van der Waals surface area contributed by atoms with E-state index in [2.05, 4.69) is 174 Å². The molecule has 7 aromatic carbocycles. The summed E-state index contributed by atoms with van der Waals surface area (Å²) in [7, 11) is 0. The lowest BCUT2D eigenvalue weighted by Crippen LogP contribution is -2.33. The van der Waals surface area contributed by atoms with Crippen LogP contribution in [0.2, 0.25) is 0 Å². The molecule has 0 radical (unpaired) electrons. The Kier molecular flexibility index (Phi) is 7.11. The number of nitrogens with one attached hydrogen (secondary N) is 1. The standard InChI is InChI=1S/C53H39N3/c1-33(54)31-48(55)42-19-12-21-46-51(42)43-32-37(34-25-27-36(28-26-34)39-16-6-5-15-38(39)35-13-3-2-4-14-35)29-30-44(43)53(46)45-20-8-10-24-50(45)56-49-23-9-7-17-40(49)41-18-11-22-47(53)52(41)56/h2-25,27,29-32,55H,26,28,54H2,1H3/b33-31-,55-48?. The minimum absolute atomic E-state index is 0.424. The van der Waals surface area contributed by atoms with Crippen molar-refractivity contribution in [3.8, 4) is 27.9 Å². The van der Waals surface area contributed by atoms with Crippen molar-refractivity contribution in [1.29, 1.82) is 5.41 Å². The van der Waals surface area contributed by atoms with Crippen LogP contribution >= 0.6 is 0 Å². The Labute approximate surface area is 326 Å². The lowest BCUT2D eigenvalue weighted by Gasteiger charge is -2.39. The Balaban J connectivity index is 1.15. The van der Waals surface area contributed by atoms with Gasteiger partial charge in [0.15, 0.2) is 0 Å². The Morgan fingerprint density at radius 3 is 2.11 bits per heavy atom. The summed E-state index contributed by atoms with van der Waals surface area (Å²) < 4.78 is 2.48. The van der Waals surface area contributed by atoms with Crippen LogP contribution in [0.15, 0.2) is 182 Å². The van der Waals surface area contributed by atoms with Gasteiger partial charge >= 0.3 is 0 Å². The van der Waals surface area contributed by atoms with Crippen LogP contribution in [0.3, 0.4) is 0 Å². The highest BCUT2D eigenvalue weighted by atomic mass is 15.0. The topological polar surface area (TPSA) is 54.8 Å². The highest BCUT2D eigenvalue weighted by Crippen LogP contribution is 2.62. The van der Waals surface area contributed by atoms with Gasteiger partial charge in [-0.05, 0) is 111 Å². The van der Waals surface area contributed by atoms with Crippen LogP contribution in [-0.2, 0) is 5.41 Å². The highest BCUT2D eigenvalue weighted by Gasteiger charge is 2.51. The molecule has 3 N–H and O–H groups in total. The van der Waals surface area contributed by atoms with Crippen molar-refractivity contribution in [3.05, 3.63) is 221 Å². The Morgan fingerprint density at radius 1 is 0.589 bits per heavy atom. The molecule has 3 aliphatic rings. The Bertz CT molecular complexity index is 3060. The van der Waals surface area contributed by atoms with Gasteiger partial charge in [0, 0.05) is 22.0 Å². The number of allylic oxidation sites excluding steroid dienone is 6. The first-order valence-electron chi connectivity index (χ1n) is 19.5. The molecule has 266 valence electrons. The second-order valence-corrected chi connectivity index (χ2v) is 15.4. The minimum atomic E-state index is -0.587. The third-order valence-corrected chi connectivity index (χ3v) is 12.3. The van der Waals surface area contributed by atoms with Crippen LogP contribution in [0, 0.1) is 5.41 Å². The number of hydrogen-bond donors (Lipinski definition) is 2. The fourth-order valence-electron chi connectivity index (χ4n) is 10.1. The van der Waals surface area contributed by atoms with Gasteiger partial charge in [0.05, 0.1) is 27.8 Å². The van der Waals surface area contributed by atoms with E-state index < -0.39 is 5.41 Å². The fourth-order valence-corrected chi connectivity index (χ4v) is 10.1. The third kappa shape index (κ3) is 4.49. The summed E-state index contributed by atoms with van der Waals surface area (Å²) in [6, 6.07) is 57.7. The maximum absolute atomic E-state index is 9.38. The molecule has 0 fully saturated rings. The summed E-state index contributed by atoms with van der Waals surface area (Å²) in [4.78, 5) is 0. The van der Waals surface area contributed by atoms with Crippen LogP contribution < -0.4 is 5.73 Å². The van der Waals surface area contributed by atoms with E-state index in [0.717, 1.165) is 24.0 Å². The van der Waals surface area contributed by atoms with Crippen molar-refractivity contribution in [2.45, 2.75) is 25.2 Å². The molecule has 3 heteroatoms. The second kappa shape index (κ2) is 12.3. The average molecular weight is 718 g/mol. The van der Waals surface area contributed by atoms with Gasteiger partial charge < -0.3 is 15.7 Å². The van der Waals surface area contributed by atoms with Gasteiger partial charge in [-0.1, -0.05) is 152 Å². The minimum Gasteiger partial charge on any atom is -0.402 e. The number of para-hydroxylation sites is 3. The van der Waals surface area contributed by atoms with Gasteiger partial charge in [-0.15, -0.1) is 0 Å². The molecule has 1 spiro atoms. The van der Waals surface area contributed by atoms with Gasteiger partial charge in [-0.2, -0.15) is 0 Å². The predicted octanol–water partition coefficient (Wildman–Crippen LogP) is 12.6. The third-order valence-electron chi connectivity index (χ3n) is 12.3. The van der Waals surface area contributed by atoms with Crippen LogP contribution in [0.25, 0.3) is 60.9 Å². The molecule has 11 rings (SSSR count). The first kappa shape index (κ1) is 32.5. The number of aromatic nitrogens is 1. The van der Waals surface area contributed by atoms with Crippen molar-refractivity contribution in [3.63, 3.8) is 0 Å². The van der Waals surface area contributed by atoms with Crippen LogP contribution in [-0.4, -0.2) is 10.3 Å². The number of hydrogen-bond acceptors (Lipinski definition) is 2. The normalized spacial score (nSPS) is 16.7. The van der Waals surface area contributed by atoms with E-state index in [1.54, 1.807) is 6.08 Å². The van der Waals surface area contributed by atoms with Gasteiger partial charge in [-0.3, -0.25) is 0 Å². The molecule has 8 aromatic rings. The first-order valence-corrected chi connectivity index (χ1v) is 19.5. The molecular formula is C53H39N3. The smallest absolute Gasteiger partial charge is 0.0754 e. The lowest BCUT2D eigenvalue weighted by atomic mass is 9.65. The molecule has 3 nitrogen and oxygen atoms in total. The van der Waals surface area contributed by atoms with E-state index in [9.17, 15) is 5.41 Å². The van der Waals surface area contributed by atoms with Crippen LogP contribution in [0.1, 0.15) is 58.7 Å². The van der Waals surface area contributed by atoms with E-state index >= 15 is 0 Å². The maximum atomic E-state index is 9.38. The molecule has 0 saturated carbocycles. The zero-order valence-corrected chi connectivity index (χ0v) is 31.2. The van der Waals surface area contributed by atoms with Crippen molar-refractivity contribution in [2.75, 3.05) is 0 Å². The summed E-state index contributed by atoms with van der Waals surface area (Å²) in [5.74, 6) is 0. The molecule has 1 aliphatic heterocycles. The molecule has 0 bridgehead atoms. The first-order chi connectivity index (χ1) is 27.5. The lowest BCUT2D eigenvalue weighted by molar-refractivity contribution is 0.748. The van der Waals surface area contributed by atoms with Crippen molar-refractivity contribution in [1.82, 2.24) is 4.57 Å². The van der Waals surface area contributed by atoms with E-state index in [-0.39, 0.29) is 0 Å². The fraction of sp³-hybridized carbons (Fsp3) is 0.0755. The van der Waals surface area contributed by atoms with Gasteiger partial charge in [0.1, 0.15) is 0 Å². The van der Waals surface area contributed by atoms with Crippen molar-refractivity contribution in [2.24, 2.45) is 5.73 Å². The van der Waals surface area contributed by atoms with Crippen molar-refractivity contribution >= 4 is 38.7 Å². The summed E-state index contributed by atoms with van der Waals surface area (Å²) >= 11 is 0. The second-order valence-electron chi connectivity index (χ2n) is 15.4. The molecule has 2 heterocycles. The molecule has 0 saturated heterocycles. The van der Waals surface area contributed by atoms with E-state index in [1.165, 1.54) is 88.7 Å². The summed E-state index contributed by atoms with van der Waals surface area (Å²) in [5, 5.41) is 11.9. The number of nitrogens with zero attached hydrogens (tertiary/aromatic N) is 1. The molecule has 2 aliphatic carbocycles. The Morgan fingerprint density at radius 2 is 1.27 bits per heavy atom. The molecule has 56 heavy (non-hydrogen) atoms. The molecule has 1 aromatic heterocycles. The van der Waals surface area contributed by atoms with Gasteiger partial charge in [-0.25, -0.2) is 0 Å². The van der Waals surface area contributed by atoms with E-state index in [0.29, 0.717) is 11.4 Å².